The van der Waals surface area contributed by atoms with Gasteiger partial charge in [-0.1, -0.05) is 11.6 Å². The second kappa shape index (κ2) is 3.70. The normalized spacial score (nSPS) is 13.8. The zero-order chi connectivity index (χ0) is 12.7. The van der Waals surface area contributed by atoms with Crippen molar-refractivity contribution < 1.29 is 14.5 Å². The number of amides is 2. The van der Waals surface area contributed by atoms with Crippen molar-refractivity contribution >= 4 is 40.5 Å². The van der Waals surface area contributed by atoms with Gasteiger partial charge in [0.25, 0.3) is 0 Å². The third-order valence-corrected chi connectivity index (χ3v) is 2.69. The highest BCUT2D eigenvalue weighted by molar-refractivity contribution is 6.43. The number of fused-ring (bicyclic) bond motifs is 1. The first-order chi connectivity index (χ1) is 7.91. The number of nitrogens with zero attached hydrogens (tertiary/aromatic N) is 2. The lowest BCUT2D eigenvalue weighted by atomic mass is 10.1. The molecule has 0 saturated carbocycles. The number of nitro benzene ring substituents is 1. The van der Waals surface area contributed by atoms with Crippen molar-refractivity contribution in [2.75, 3.05) is 5.32 Å². The molecule has 1 aliphatic heterocycles. The number of nitrogens with one attached hydrogen (secondary N) is 1. The molecule has 1 N–H and O–H groups in total. The van der Waals surface area contributed by atoms with E-state index in [1.165, 1.54) is 13.0 Å². The van der Waals surface area contributed by atoms with E-state index in [2.05, 4.69) is 10.6 Å². The Hall–Kier alpha value is -2.15. The first kappa shape index (κ1) is 11.3. The summed E-state index contributed by atoms with van der Waals surface area (Å²) in [6, 6.07) is 1.33. The van der Waals surface area contributed by atoms with Crippen LogP contribution in [0.25, 0.3) is 0 Å². The highest BCUT2D eigenvalue weighted by atomic mass is 35.5. The first-order valence-electron chi connectivity index (χ1n) is 4.46. The SMILES string of the molecule is Cc1c(Cl)cc2c(c1[N+](=O)[O-])[N]C(=O)C(=O)N2. The quantitative estimate of drug-likeness (QED) is 0.463. The van der Waals surface area contributed by atoms with E-state index in [0.717, 1.165) is 0 Å². The largest absolute Gasteiger partial charge is 0.336 e. The summed E-state index contributed by atoms with van der Waals surface area (Å²) in [6.07, 6.45) is 0. The zero-order valence-corrected chi connectivity index (χ0v) is 9.24. The lowest BCUT2D eigenvalue weighted by Gasteiger charge is -2.16. The molecular formula is C9H5ClN3O4. The lowest BCUT2D eigenvalue weighted by molar-refractivity contribution is -0.384. The molecule has 7 nitrogen and oxygen atoms in total. The smallest absolute Gasteiger partial charge is 0.315 e. The summed E-state index contributed by atoms with van der Waals surface area (Å²) in [4.78, 5) is 32.4. The van der Waals surface area contributed by atoms with Gasteiger partial charge in [-0.3, -0.25) is 19.7 Å². The Kier molecular flexibility index (Phi) is 2.47. The van der Waals surface area contributed by atoms with Gasteiger partial charge in [0.15, 0.2) is 5.69 Å². The second-order valence-electron chi connectivity index (χ2n) is 3.36. The van der Waals surface area contributed by atoms with Gasteiger partial charge >= 0.3 is 17.5 Å². The van der Waals surface area contributed by atoms with E-state index in [0.29, 0.717) is 0 Å². The van der Waals surface area contributed by atoms with Crippen LogP contribution in [-0.4, -0.2) is 16.7 Å². The molecule has 1 radical (unpaired) electrons. The second-order valence-corrected chi connectivity index (χ2v) is 3.76. The maximum Gasteiger partial charge on any atom is 0.336 e. The van der Waals surface area contributed by atoms with Crippen LogP contribution in [0.4, 0.5) is 17.1 Å². The number of benzene rings is 1. The van der Waals surface area contributed by atoms with Crippen LogP contribution in [0.3, 0.4) is 0 Å². The van der Waals surface area contributed by atoms with Crippen molar-refractivity contribution in [2.45, 2.75) is 6.92 Å². The Bertz CT molecular complexity index is 570. The Morgan fingerprint density at radius 1 is 1.47 bits per heavy atom. The van der Waals surface area contributed by atoms with E-state index in [1.54, 1.807) is 0 Å². The molecule has 0 saturated heterocycles. The minimum absolute atomic E-state index is 0.0666. The van der Waals surface area contributed by atoms with Crippen LogP contribution < -0.4 is 10.6 Å². The number of carbonyl (C=O) groups is 2. The van der Waals surface area contributed by atoms with E-state index in [9.17, 15) is 19.7 Å². The zero-order valence-electron chi connectivity index (χ0n) is 8.48. The van der Waals surface area contributed by atoms with Crippen LogP contribution in [0.5, 0.6) is 0 Å². The van der Waals surface area contributed by atoms with E-state index in [-0.39, 0.29) is 27.6 Å². The molecule has 1 heterocycles. The van der Waals surface area contributed by atoms with Crippen LogP contribution in [0.2, 0.25) is 5.02 Å². The number of hydrogen-bond donors (Lipinski definition) is 1. The monoisotopic (exact) mass is 254 g/mol. The fourth-order valence-electron chi connectivity index (χ4n) is 1.48. The summed E-state index contributed by atoms with van der Waals surface area (Å²) in [6.45, 7) is 1.44. The van der Waals surface area contributed by atoms with Gasteiger partial charge in [-0.2, -0.15) is 5.32 Å². The molecule has 0 bridgehead atoms. The van der Waals surface area contributed by atoms with Crippen LogP contribution in [0.1, 0.15) is 5.56 Å². The number of nitro groups is 1. The number of hydrogen-bond acceptors (Lipinski definition) is 4. The van der Waals surface area contributed by atoms with Crippen molar-refractivity contribution in [2.24, 2.45) is 0 Å². The maximum absolute atomic E-state index is 11.1. The molecular weight excluding hydrogens is 250 g/mol. The molecule has 8 heteroatoms. The molecule has 2 rings (SSSR count). The van der Waals surface area contributed by atoms with Gasteiger partial charge in [0, 0.05) is 5.56 Å². The van der Waals surface area contributed by atoms with Crippen LogP contribution in [0.15, 0.2) is 6.07 Å². The lowest BCUT2D eigenvalue weighted by Crippen LogP contribution is -2.33. The van der Waals surface area contributed by atoms with Gasteiger partial charge in [-0.05, 0) is 13.0 Å². The summed E-state index contributed by atoms with van der Waals surface area (Å²) < 4.78 is 0. The Morgan fingerprint density at radius 2 is 2.12 bits per heavy atom. The number of anilines is 1. The Labute approximate surface area is 99.9 Å². The summed E-state index contributed by atoms with van der Waals surface area (Å²) in [5, 5.41) is 16.6. The predicted molar refractivity (Wildman–Crippen MR) is 58.3 cm³/mol. The van der Waals surface area contributed by atoms with E-state index in [4.69, 9.17) is 11.6 Å². The first-order valence-corrected chi connectivity index (χ1v) is 4.84. The summed E-state index contributed by atoms with van der Waals surface area (Å²) >= 11 is 5.80. The third kappa shape index (κ3) is 1.70. The molecule has 1 aromatic carbocycles. The standard InChI is InChI=1S/C9H5ClN3O4/c1-3-4(10)2-5-6(7(3)13(16)17)12-9(15)8(14)11-5/h2H,1H3,(H,11,14). The number of halogens is 1. The van der Waals surface area contributed by atoms with Crippen molar-refractivity contribution in [3.63, 3.8) is 0 Å². The summed E-state index contributed by atoms with van der Waals surface area (Å²) in [5.41, 5.74) is -0.276. The minimum atomic E-state index is -1.07. The molecule has 0 unspecified atom stereocenters. The van der Waals surface area contributed by atoms with Gasteiger partial charge in [-0.15, -0.1) is 0 Å². The van der Waals surface area contributed by atoms with Crippen molar-refractivity contribution in [3.8, 4) is 0 Å². The van der Waals surface area contributed by atoms with Crippen molar-refractivity contribution in [3.05, 3.63) is 26.8 Å². The van der Waals surface area contributed by atoms with Crippen LogP contribution in [-0.2, 0) is 9.59 Å². The van der Waals surface area contributed by atoms with Crippen molar-refractivity contribution in [1.29, 1.82) is 0 Å². The Morgan fingerprint density at radius 3 is 2.71 bits per heavy atom. The molecule has 2 amide bonds. The highest BCUT2D eigenvalue weighted by Gasteiger charge is 2.33. The fourth-order valence-corrected chi connectivity index (χ4v) is 1.68. The Balaban J connectivity index is 2.72. The van der Waals surface area contributed by atoms with E-state index < -0.39 is 16.7 Å². The van der Waals surface area contributed by atoms with Crippen LogP contribution in [0, 0.1) is 17.0 Å². The average molecular weight is 255 g/mol. The number of rotatable bonds is 1. The van der Waals surface area contributed by atoms with Gasteiger partial charge in [-0.25, -0.2) is 0 Å². The van der Waals surface area contributed by atoms with Gasteiger partial charge in [0.05, 0.1) is 15.6 Å². The topological polar surface area (TPSA) is 103 Å². The van der Waals surface area contributed by atoms with Gasteiger partial charge < -0.3 is 5.32 Å². The molecule has 1 aliphatic rings. The maximum atomic E-state index is 11.1. The molecule has 0 spiro atoms. The molecule has 0 aliphatic carbocycles. The average Bonchev–Trinajstić information content (AvgIpc) is 2.23. The molecule has 0 atom stereocenters. The third-order valence-electron chi connectivity index (χ3n) is 2.30. The van der Waals surface area contributed by atoms with Crippen molar-refractivity contribution in [1.82, 2.24) is 5.32 Å². The molecule has 0 aromatic heterocycles. The molecule has 17 heavy (non-hydrogen) atoms. The van der Waals surface area contributed by atoms with Crippen LogP contribution >= 0.6 is 11.6 Å². The highest BCUT2D eigenvalue weighted by Crippen LogP contribution is 2.41. The molecule has 0 fully saturated rings. The van der Waals surface area contributed by atoms with Gasteiger partial charge in [0.1, 0.15) is 0 Å². The predicted octanol–water partition coefficient (Wildman–Crippen LogP) is 1.27. The summed E-state index contributed by atoms with van der Waals surface area (Å²) in [5.74, 6) is -2.01. The molecule has 87 valence electrons. The van der Waals surface area contributed by atoms with E-state index in [1.807, 2.05) is 0 Å². The van der Waals surface area contributed by atoms with E-state index >= 15 is 0 Å². The minimum Gasteiger partial charge on any atom is -0.315 e. The summed E-state index contributed by atoms with van der Waals surface area (Å²) in [7, 11) is 0. The molecule has 1 aromatic rings. The fraction of sp³-hybridized carbons (Fsp3) is 0.111. The van der Waals surface area contributed by atoms with Gasteiger partial charge in [0.2, 0.25) is 0 Å². The number of carbonyl (C=O) groups excluding carboxylic acids is 2.